The number of fused-ring (bicyclic) bond motifs is 1. The molecule has 1 spiro atoms. The quantitative estimate of drug-likeness (QED) is 0.0863. The normalized spacial score (nSPS) is 17.0. The number of nitrogens with one attached hydrogen (secondary N) is 4. The molecule has 0 unspecified atom stereocenters. The van der Waals surface area contributed by atoms with E-state index in [0.717, 1.165) is 69.5 Å². The molecule has 4 amide bonds. The second-order valence-corrected chi connectivity index (χ2v) is 17.2. The van der Waals surface area contributed by atoms with Crippen molar-refractivity contribution in [3.05, 3.63) is 84.7 Å². The highest BCUT2D eigenvalue weighted by atomic mass is 16.5. The fourth-order valence-corrected chi connectivity index (χ4v) is 8.66. The molecule has 14 nitrogen and oxygen atoms in total. The van der Waals surface area contributed by atoms with Crippen LogP contribution < -0.4 is 10.6 Å². The van der Waals surface area contributed by atoms with E-state index in [9.17, 15) is 19.2 Å². The van der Waals surface area contributed by atoms with Gasteiger partial charge in [0.15, 0.2) is 0 Å². The SMILES string of the molecule is CC[C@@H](c1ncc(-c2ccc(-c3ccc4cc(-c5cnc([C@@H]6CC7(CC7)CN6C(=O)[C@@H](NC(=O)OC)C(C)C)[nH]5)ccc4c3)cc2)[nH]1)N(CC)C(=O)[C@@H](NC(=O)OC)C(C)C. The van der Waals surface area contributed by atoms with E-state index in [0.29, 0.717) is 25.3 Å². The van der Waals surface area contributed by atoms with Crippen molar-refractivity contribution in [2.24, 2.45) is 17.3 Å². The van der Waals surface area contributed by atoms with Gasteiger partial charge in [-0.2, -0.15) is 0 Å². The Labute approximate surface area is 357 Å². The molecule has 322 valence electrons. The van der Waals surface area contributed by atoms with E-state index in [1.807, 2.05) is 52.6 Å². The van der Waals surface area contributed by atoms with E-state index < -0.39 is 24.3 Å². The molecule has 1 aliphatic carbocycles. The lowest BCUT2D eigenvalue weighted by atomic mass is 9.98. The van der Waals surface area contributed by atoms with Crippen LogP contribution in [0.5, 0.6) is 0 Å². The van der Waals surface area contributed by atoms with Gasteiger partial charge in [-0.15, -0.1) is 0 Å². The Hall–Kier alpha value is -6.18. The molecular weight excluding hydrogens is 773 g/mol. The van der Waals surface area contributed by atoms with E-state index in [2.05, 4.69) is 81.3 Å². The second kappa shape index (κ2) is 17.8. The van der Waals surface area contributed by atoms with Crippen LogP contribution in [0, 0.1) is 17.3 Å². The summed E-state index contributed by atoms with van der Waals surface area (Å²) in [5.41, 5.74) is 5.98. The summed E-state index contributed by atoms with van der Waals surface area (Å²) in [5.74, 6) is 0.910. The third kappa shape index (κ3) is 8.99. The van der Waals surface area contributed by atoms with Crippen molar-refractivity contribution in [2.45, 2.75) is 91.4 Å². The van der Waals surface area contributed by atoms with Gasteiger partial charge in [-0.05, 0) is 89.5 Å². The van der Waals surface area contributed by atoms with Gasteiger partial charge in [0, 0.05) is 18.7 Å². The number of alkyl carbamates (subject to hydrolysis) is 2. The Bertz CT molecular complexity index is 2380. The van der Waals surface area contributed by atoms with Crippen molar-refractivity contribution in [1.82, 2.24) is 40.4 Å². The summed E-state index contributed by atoms with van der Waals surface area (Å²) in [7, 11) is 2.59. The van der Waals surface area contributed by atoms with Crippen molar-refractivity contribution in [1.29, 1.82) is 0 Å². The summed E-state index contributed by atoms with van der Waals surface area (Å²) in [4.78, 5) is 71.9. The number of nitrogens with zero attached hydrogens (tertiary/aromatic N) is 4. The van der Waals surface area contributed by atoms with E-state index >= 15 is 0 Å². The van der Waals surface area contributed by atoms with Crippen molar-refractivity contribution in [3.63, 3.8) is 0 Å². The lowest BCUT2D eigenvalue weighted by Gasteiger charge is -2.33. The largest absolute Gasteiger partial charge is 0.453 e. The summed E-state index contributed by atoms with van der Waals surface area (Å²) in [6.07, 6.45) is 6.05. The molecule has 3 aromatic carbocycles. The molecule has 61 heavy (non-hydrogen) atoms. The van der Waals surface area contributed by atoms with Gasteiger partial charge in [-0.25, -0.2) is 19.6 Å². The minimum absolute atomic E-state index is 0.107. The number of likely N-dealkylation sites (tertiary alicyclic amines) is 1. The highest BCUT2D eigenvalue weighted by Gasteiger charge is 2.55. The van der Waals surface area contributed by atoms with E-state index in [1.165, 1.54) is 14.2 Å². The Balaban J connectivity index is 1.05. The summed E-state index contributed by atoms with van der Waals surface area (Å²) in [5, 5.41) is 7.64. The number of imidazole rings is 2. The number of rotatable bonds is 14. The predicted octanol–water partition coefficient (Wildman–Crippen LogP) is 8.40. The third-order valence-corrected chi connectivity index (χ3v) is 12.4. The van der Waals surface area contributed by atoms with Crippen LogP contribution in [-0.4, -0.2) is 93.1 Å². The number of carbonyl (C=O) groups is 4. The van der Waals surface area contributed by atoms with Crippen LogP contribution in [-0.2, 0) is 19.1 Å². The number of amides is 4. The van der Waals surface area contributed by atoms with Gasteiger partial charge in [0.2, 0.25) is 11.8 Å². The molecule has 14 heteroatoms. The van der Waals surface area contributed by atoms with Gasteiger partial charge in [0.05, 0.1) is 50.1 Å². The fraction of sp³-hybridized carbons (Fsp3) is 0.447. The van der Waals surface area contributed by atoms with E-state index in [1.54, 1.807) is 11.1 Å². The number of hydrogen-bond donors (Lipinski definition) is 4. The van der Waals surface area contributed by atoms with Crippen LogP contribution in [0.4, 0.5) is 9.59 Å². The molecule has 2 fully saturated rings. The summed E-state index contributed by atoms with van der Waals surface area (Å²) in [6.45, 7) is 12.7. The monoisotopic (exact) mass is 830 g/mol. The molecule has 0 bridgehead atoms. The molecule has 0 radical (unpaired) electrons. The van der Waals surface area contributed by atoms with Crippen molar-refractivity contribution < 1.29 is 28.7 Å². The maximum absolute atomic E-state index is 13.9. The van der Waals surface area contributed by atoms with E-state index in [-0.39, 0.29) is 41.1 Å². The molecule has 4 N–H and O–H groups in total. The first kappa shape index (κ1) is 42.9. The molecule has 2 aliphatic rings. The number of benzene rings is 3. The summed E-state index contributed by atoms with van der Waals surface area (Å²) in [6, 6.07) is 19.2. The number of aromatic amines is 2. The standard InChI is InChI=1S/C47H58N8O6/c1-9-37(54(10-2)43(56)39(27(3)4)52-45(58)60-7)41-48-24-35(50-41)30-13-11-29(12-14-30)31-15-16-33-22-34(18-17-32(33)21-31)36-25-49-42(51-36)38-23-47(19-20-47)26-55(38)44(57)40(28(5)6)53-46(59)61-8/h11-18,21-22,24-25,27-28,37-40H,9-10,19-20,23,26H2,1-8H3,(H,48,50)(H,49,51)(H,52,58)(H,53,59)/t37-,38-,39-,40-/m0/s1. The zero-order chi connectivity index (χ0) is 43.6. The summed E-state index contributed by atoms with van der Waals surface area (Å²) >= 11 is 0. The minimum Gasteiger partial charge on any atom is -0.453 e. The molecule has 1 saturated heterocycles. The minimum atomic E-state index is -0.725. The molecular formula is C47H58N8O6. The van der Waals surface area contributed by atoms with Gasteiger partial charge >= 0.3 is 12.2 Å². The third-order valence-electron chi connectivity index (χ3n) is 12.4. The molecule has 1 aliphatic heterocycles. The number of ether oxygens (including phenoxy) is 2. The number of aromatic nitrogens is 4. The lowest BCUT2D eigenvalue weighted by molar-refractivity contribution is -0.137. The molecule has 5 aromatic rings. The first-order valence-corrected chi connectivity index (χ1v) is 21.3. The lowest BCUT2D eigenvalue weighted by Crippen LogP contribution is -2.52. The summed E-state index contributed by atoms with van der Waals surface area (Å²) < 4.78 is 9.60. The first-order valence-electron chi connectivity index (χ1n) is 21.3. The zero-order valence-corrected chi connectivity index (χ0v) is 36.4. The maximum Gasteiger partial charge on any atom is 0.407 e. The van der Waals surface area contributed by atoms with Gasteiger partial charge in [-0.3, -0.25) is 9.59 Å². The predicted molar refractivity (Wildman–Crippen MR) is 234 cm³/mol. The Morgan fingerprint density at radius 1 is 0.770 bits per heavy atom. The van der Waals surface area contributed by atoms with Crippen LogP contribution in [0.2, 0.25) is 0 Å². The van der Waals surface area contributed by atoms with Crippen LogP contribution in [0.25, 0.3) is 44.4 Å². The Kier molecular flexibility index (Phi) is 12.5. The fourth-order valence-electron chi connectivity index (χ4n) is 8.66. The van der Waals surface area contributed by atoms with Crippen LogP contribution >= 0.6 is 0 Å². The van der Waals surface area contributed by atoms with Gasteiger partial charge < -0.3 is 39.9 Å². The number of H-pyrrole nitrogens is 2. The average molecular weight is 831 g/mol. The van der Waals surface area contributed by atoms with Crippen molar-refractivity contribution in [3.8, 4) is 33.6 Å². The highest BCUT2D eigenvalue weighted by Crippen LogP contribution is 2.58. The number of carbonyl (C=O) groups excluding carboxylic acids is 4. The molecule has 1 saturated carbocycles. The van der Waals surface area contributed by atoms with Gasteiger partial charge in [0.1, 0.15) is 23.7 Å². The Morgan fingerprint density at radius 2 is 1.33 bits per heavy atom. The van der Waals surface area contributed by atoms with Crippen LogP contribution in [0.3, 0.4) is 0 Å². The molecule has 3 heterocycles. The first-order chi connectivity index (χ1) is 29.3. The smallest absolute Gasteiger partial charge is 0.407 e. The van der Waals surface area contributed by atoms with Gasteiger partial charge in [0.25, 0.3) is 0 Å². The number of methoxy groups -OCH3 is 2. The second-order valence-electron chi connectivity index (χ2n) is 17.2. The number of likely N-dealkylation sites (N-methyl/N-ethyl adjacent to an activating group) is 1. The zero-order valence-electron chi connectivity index (χ0n) is 36.4. The van der Waals surface area contributed by atoms with Crippen molar-refractivity contribution in [2.75, 3.05) is 27.3 Å². The Morgan fingerprint density at radius 3 is 1.92 bits per heavy atom. The molecule has 7 rings (SSSR count). The van der Waals surface area contributed by atoms with Crippen molar-refractivity contribution >= 4 is 34.8 Å². The van der Waals surface area contributed by atoms with E-state index in [4.69, 9.17) is 19.4 Å². The van der Waals surface area contributed by atoms with Crippen LogP contribution in [0.1, 0.15) is 91.0 Å². The number of hydrogen-bond acceptors (Lipinski definition) is 8. The maximum atomic E-state index is 13.9. The van der Waals surface area contributed by atoms with Gasteiger partial charge in [-0.1, -0.05) is 83.1 Å². The molecule has 2 aromatic heterocycles. The topological polar surface area (TPSA) is 175 Å². The van der Waals surface area contributed by atoms with Crippen LogP contribution in [0.15, 0.2) is 73.1 Å². The average Bonchev–Trinajstić information content (AvgIpc) is 3.59. The highest BCUT2D eigenvalue weighted by molar-refractivity contribution is 5.91. The molecule has 4 atom stereocenters.